The van der Waals surface area contributed by atoms with E-state index in [-0.39, 0.29) is 35.9 Å². The Labute approximate surface area is 202 Å². The number of nitrogens with zero attached hydrogens (tertiary/aromatic N) is 1. The van der Waals surface area contributed by atoms with Gasteiger partial charge in [0.25, 0.3) is 0 Å². The van der Waals surface area contributed by atoms with Crippen LogP contribution in [0.3, 0.4) is 0 Å². The van der Waals surface area contributed by atoms with Gasteiger partial charge in [-0.05, 0) is 73.6 Å². The Balaban J connectivity index is 1.25. The maximum Gasteiger partial charge on any atom is 0.352 e. The quantitative estimate of drug-likeness (QED) is 0.384. The number of ether oxygens (including phenoxy) is 1. The Morgan fingerprint density at radius 2 is 2.00 bits per heavy atom. The number of carboxylic acid groups (broad SMARTS) is 1. The molecule has 1 aliphatic heterocycles. The fourth-order valence-electron chi connectivity index (χ4n) is 5.84. The van der Waals surface area contributed by atoms with Crippen LogP contribution in [0.25, 0.3) is 10.9 Å². The van der Waals surface area contributed by atoms with Crippen molar-refractivity contribution < 1.29 is 24.2 Å². The molecule has 1 aromatic heterocycles. The lowest BCUT2D eigenvalue weighted by Crippen LogP contribution is -2.49. The minimum absolute atomic E-state index is 0.0456. The molecule has 2 heterocycles. The van der Waals surface area contributed by atoms with E-state index < -0.39 is 24.0 Å². The average molecular weight is 480 g/mol. The molecule has 6 atom stereocenters. The number of carboxylic acids is 1. The first-order chi connectivity index (χ1) is 16.8. The maximum absolute atomic E-state index is 12.7. The molecule has 0 radical (unpaired) electrons. The molecule has 4 unspecified atom stereocenters. The zero-order valence-corrected chi connectivity index (χ0v) is 19.4. The molecule has 10 nitrogen and oxygen atoms in total. The van der Waals surface area contributed by atoms with Crippen LogP contribution < -0.4 is 21.1 Å². The third-order valence-electron chi connectivity index (χ3n) is 7.87. The minimum atomic E-state index is -1.08. The molecule has 2 amide bonds. The molecular formula is C25H29N5O5. The molecule has 1 saturated heterocycles. The number of aromatic amines is 1. The number of rotatable bonds is 8. The molecule has 2 aromatic rings. The van der Waals surface area contributed by atoms with E-state index in [9.17, 15) is 24.8 Å². The van der Waals surface area contributed by atoms with Crippen LogP contribution in [-0.2, 0) is 9.59 Å². The van der Waals surface area contributed by atoms with E-state index in [4.69, 9.17) is 10.5 Å². The van der Waals surface area contributed by atoms with E-state index in [2.05, 4.69) is 21.7 Å². The smallest absolute Gasteiger partial charge is 0.352 e. The summed E-state index contributed by atoms with van der Waals surface area (Å²) in [5, 5.41) is 25.3. The number of amides is 2. The lowest BCUT2D eigenvalue weighted by molar-refractivity contribution is -0.125. The average Bonchev–Trinajstić information content (AvgIpc) is 3.19. The second kappa shape index (κ2) is 8.89. The first-order valence-corrected chi connectivity index (χ1v) is 12.0. The lowest BCUT2D eigenvalue weighted by Gasteiger charge is -2.22. The van der Waals surface area contributed by atoms with Crippen LogP contribution in [0, 0.1) is 35.0 Å². The number of carbonyl (C=O) groups excluding carboxylic acids is 2. The molecular weight excluding hydrogens is 450 g/mol. The topological polar surface area (TPSA) is 170 Å². The second-order valence-corrected chi connectivity index (χ2v) is 10.1. The fraction of sp³-hybridized carbons (Fsp3) is 0.520. The van der Waals surface area contributed by atoms with E-state index >= 15 is 0 Å². The number of hydrogen-bond donors (Lipinski definition) is 5. The zero-order chi connectivity index (χ0) is 24.9. The predicted molar refractivity (Wildman–Crippen MR) is 125 cm³/mol. The maximum atomic E-state index is 12.7. The summed E-state index contributed by atoms with van der Waals surface area (Å²) in [5.41, 5.74) is 7.59. The second-order valence-electron chi connectivity index (χ2n) is 10.1. The molecule has 2 saturated carbocycles. The van der Waals surface area contributed by atoms with Crippen LogP contribution in [0.2, 0.25) is 0 Å². The van der Waals surface area contributed by atoms with Crippen molar-refractivity contribution in [3.63, 3.8) is 0 Å². The van der Waals surface area contributed by atoms with Crippen molar-refractivity contribution in [2.45, 2.75) is 50.2 Å². The highest BCUT2D eigenvalue weighted by Gasteiger charge is 2.48. The van der Waals surface area contributed by atoms with Gasteiger partial charge in [-0.15, -0.1) is 0 Å². The number of nitrogens with two attached hydrogens (primary N) is 1. The molecule has 0 spiro atoms. The number of aromatic carboxylic acids is 1. The van der Waals surface area contributed by atoms with Gasteiger partial charge in [-0.25, -0.2) is 4.79 Å². The van der Waals surface area contributed by atoms with E-state index in [1.165, 1.54) is 19.6 Å². The van der Waals surface area contributed by atoms with Gasteiger partial charge in [0.05, 0.1) is 30.8 Å². The summed E-state index contributed by atoms with van der Waals surface area (Å²) in [6.07, 6.45) is 3.83. The molecule has 3 aliphatic rings. The van der Waals surface area contributed by atoms with Crippen molar-refractivity contribution in [1.82, 2.24) is 15.6 Å². The SMILES string of the molecule is COc1cc(C2C[C@@H](C[C@@H](C#N)NC(=O)C(N)C3CC4CC4C3)C(=O)N2)cc2[nH]c(C(=O)O)cc12. The monoisotopic (exact) mass is 479 g/mol. The van der Waals surface area contributed by atoms with Crippen LogP contribution in [0.15, 0.2) is 18.2 Å². The van der Waals surface area contributed by atoms with E-state index in [1.54, 1.807) is 12.1 Å². The highest BCUT2D eigenvalue weighted by molar-refractivity contribution is 5.96. The summed E-state index contributed by atoms with van der Waals surface area (Å²) >= 11 is 0. The van der Waals surface area contributed by atoms with Gasteiger partial charge < -0.3 is 31.2 Å². The summed E-state index contributed by atoms with van der Waals surface area (Å²) in [4.78, 5) is 39.6. The normalized spacial score (nSPS) is 28.6. The van der Waals surface area contributed by atoms with Gasteiger partial charge in [0, 0.05) is 11.3 Å². The Morgan fingerprint density at radius 3 is 2.66 bits per heavy atom. The number of H-pyrrole nitrogens is 1. The number of methoxy groups -OCH3 is 1. The molecule has 2 aliphatic carbocycles. The van der Waals surface area contributed by atoms with Crippen molar-refractivity contribution in [2.24, 2.45) is 29.4 Å². The summed E-state index contributed by atoms with van der Waals surface area (Å²) in [6, 6.07) is 5.43. The summed E-state index contributed by atoms with van der Waals surface area (Å²) in [6.45, 7) is 0. The Morgan fingerprint density at radius 1 is 1.26 bits per heavy atom. The van der Waals surface area contributed by atoms with Crippen molar-refractivity contribution in [1.29, 1.82) is 5.26 Å². The molecule has 1 aromatic carbocycles. The number of aromatic nitrogens is 1. The van der Waals surface area contributed by atoms with Gasteiger partial charge in [0.15, 0.2) is 0 Å². The highest BCUT2D eigenvalue weighted by Crippen LogP contribution is 2.54. The number of nitriles is 1. The first-order valence-electron chi connectivity index (χ1n) is 12.0. The summed E-state index contributed by atoms with van der Waals surface area (Å²) in [7, 11) is 1.50. The number of hydrogen-bond acceptors (Lipinski definition) is 6. The first kappa shape index (κ1) is 23.2. The number of benzene rings is 1. The minimum Gasteiger partial charge on any atom is -0.496 e. The molecule has 6 N–H and O–H groups in total. The molecule has 3 fully saturated rings. The van der Waals surface area contributed by atoms with Gasteiger partial charge in [-0.1, -0.05) is 0 Å². The van der Waals surface area contributed by atoms with Gasteiger partial charge in [-0.3, -0.25) is 9.59 Å². The van der Waals surface area contributed by atoms with Crippen LogP contribution >= 0.6 is 0 Å². The van der Waals surface area contributed by atoms with Crippen molar-refractivity contribution in [3.8, 4) is 11.8 Å². The van der Waals surface area contributed by atoms with E-state index in [0.717, 1.165) is 18.4 Å². The third-order valence-corrected chi connectivity index (χ3v) is 7.87. The van der Waals surface area contributed by atoms with E-state index in [1.807, 2.05) is 0 Å². The van der Waals surface area contributed by atoms with Gasteiger partial charge in [-0.2, -0.15) is 5.26 Å². The van der Waals surface area contributed by atoms with Gasteiger partial charge in [0.2, 0.25) is 11.8 Å². The summed E-state index contributed by atoms with van der Waals surface area (Å²) < 4.78 is 5.45. The Kier molecular flexibility index (Phi) is 5.89. The lowest BCUT2D eigenvalue weighted by atomic mass is 9.92. The van der Waals surface area contributed by atoms with Crippen molar-refractivity contribution in [3.05, 3.63) is 29.5 Å². The van der Waals surface area contributed by atoms with Crippen molar-refractivity contribution >= 4 is 28.7 Å². The van der Waals surface area contributed by atoms with E-state index in [0.29, 0.717) is 34.9 Å². The van der Waals surface area contributed by atoms with Gasteiger partial charge >= 0.3 is 5.97 Å². The predicted octanol–water partition coefficient (Wildman–Crippen LogP) is 1.82. The van der Waals surface area contributed by atoms with Crippen LogP contribution in [0.5, 0.6) is 5.75 Å². The molecule has 5 rings (SSSR count). The number of nitrogens with one attached hydrogen (secondary N) is 3. The molecule has 0 bridgehead atoms. The Bertz CT molecular complexity index is 1220. The fourth-order valence-corrected chi connectivity index (χ4v) is 5.84. The van der Waals surface area contributed by atoms with Crippen LogP contribution in [0.1, 0.15) is 54.2 Å². The number of carbonyl (C=O) groups is 3. The Hall–Kier alpha value is -3.58. The largest absolute Gasteiger partial charge is 0.496 e. The molecule has 184 valence electrons. The standard InChI is InChI=1S/C25H29N5O5/c1-35-21-8-13(6-19-17(21)9-20(29-19)25(33)34)18-7-15(23(31)30-18)5-16(10-26)28-24(32)22(27)14-3-11-2-12(11)4-14/h6,8-9,11-12,14-16,18,22,29H,2-5,7,27H2,1H3,(H,28,32)(H,30,31)(H,33,34)/t11?,12?,14?,15-,16+,18?,22?/m1/s1. The van der Waals surface area contributed by atoms with Gasteiger partial charge in [0.1, 0.15) is 17.5 Å². The number of fused-ring (bicyclic) bond motifs is 2. The zero-order valence-electron chi connectivity index (χ0n) is 19.4. The highest BCUT2D eigenvalue weighted by atomic mass is 16.5. The third kappa shape index (κ3) is 4.44. The molecule has 10 heteroatoms. The van der Waals surface area contributed by atoms with Crippen LogP contribution in [0.4, 0.5) is 0 Å². The van der Waals surface area contributed by atoms with Crippen molar-refractivity contribution in [2.75, 3.05) is 7.11 Å². The summed E-state index contributed by atoms with van der Waals surface area (Å²) in [5.74, 6) is 0.0358. The molecule has 35 heavy (non-hydrogen) atoms. The van der Waals surface area contributed by atoms with Crippen LogP contribution in [-0.4, -0.2) is 47.1 Å².